The molecule has 1 aromatic carbocycles. The van der Waals surface area contributed by atoms with E-state index in [1.165, 1.54) is 23.6 Å². The highest BCUT2D eigenvalue weighted by Crippen LogP contribution is 2.37. The van der Waals surface area contributed by atoms with Crippen molar-refractivity contribution in [1.82, 2.24) is 9.97 Å². The van der Waals surface area contributed by atoms with Crippen LogP contribution in [0.2, 0.25) is 0 Å². The molecule has 0 aliphatic carbocycles. The number of anilines is 1. The first-order chi connectivity index (χ1) is 11.6. The van der Waals surface area contributed by atoms with Crippen LogP contribution in [0.25, 0.3) is 11.3 Å². The Morgan fingerprint density at radius 1 is 1.21 bits per heavy atom. The number of carbonyl (C=O) groups is 1. The average Bonchev–Trinajstić information content (AvgIpc) is 3.05. The van der Waals surface area contributed by atoms with E-state index in [0.717, 1.165) is 0 Å². The molecule has 4 N–H and O–H groups in total. The fourth-order valence-electron chi connectivity index (χ4n) is 2.01. The molecule has 1 amide bonds. The third-order valence-electron chi connectivity index (χ3n) is 3.26. The summed E-state index contributed by atoms with van der Waals surface area (Å²) in [6, 6.07) is 7.71. The zero-order valence-corrected chi connectivity index (χ0v) is 13.1. The highest BCUT2D eigenvalue weighted by Gasteiger charge is 2.14. The van der Waals surface area contributed by atoms with Crippen molar-refractivity contribution in [3.05, 3.63) is 53.2 Å². The number of nitrogens with one attached hydrogen (secondary N) is 1. The van der Waals surface area contributed by atoms with Crippen LogP contribution in [0, 0.1) is 0 Å². The second kappa shape index (κ2) is 6.65. The standard InChI is InChI=1S/C16H13N3O4S/c20-7-10-5-4-9(6-17-10)15(23)19-16-18-12(8-24-16)11-2-1-3-13(21)14(11)22/h1-6,8,20-22H,7H2,(H,18,19,23). The molecular formula is C16H13N3O4S. The van der Waals surface area contributed by atoms with Crippen LogP contribution >= 0.6 is 11.3 Å². The number of carbonyl (C=O) groups excluding carboxylic acids is 1. The monoisotopic (exact) mass is 343 g/mol. The Labute approximate surface area is 140 Å². The summed E-state index contributed by atoms with van der Waals surface area (Å²) in [4.78, 5) is 20.3. The van der Waals surface area contributed by atoms with Crippen molar-refractivity contribution in [1.29, 1.82) is 0 Å². The molecule has 2 heterocycles. The van der Waals surface area contributed by atoms with Crippen molar-refractivity contribution in [2.75, 3.05) is 5.32 Å². The number of pyridine rings is 1. The zero-order valence-electron chi connectivity index (χ0n) is 12.3. The lowest BCUT2D eigenvalue weighted by atomic mass is 10.1. The van der Waals surface area contributed by atoms with E-state index in [4.69, 9.17) is 5.11 Å². The molecule has 0 spiro atoms. The van der Waals surface area contributed by atoms with Crippen LogP contribution in [0.4, 0.5) is 5.13 Å². The van der Waals surface area contributed by atoms with Gasteiger partial charge in [-0.05, 0) is 24.3 Å². The maximum absolute atomic E-state index is 12.1. The molecule has 0 unspecified atom stereocenters. The third kappa shape index (κ3) is 3.19. The van der Waals surface area contributed by atoms with E-state index in [2.05, 4.69) is 15.3 Å². The Morgan fingerprint density at radius 2 is 2.04 bits per heavy atom. The first-order valence-corrected chi connectivity index (χ1v) is 7.80. The first-order valence-electron chi connectivity index (χ1n) is 6.92. The van der Waals surface area contributed by atoms with E-state index >= 15 is 0 Å². The average molecular weight is 343 g/mol. The fraction of sp³-hybridized carbons (Fsp3) is 0.0625. The van der Waals surface area contributed by atoms with E-state index in [-0.39, 0.29) is 24.0 Å². The summed E-state index contributed by atoms with van der Waals surface area (Å²) in [6.07, 6.45) is 1.37. The number of phenolic OH excluding ortho intramolecular Hbond substituents is 2. The van der Waals surface area contributed by atoms with Crippen LogP contribution in [-0.4, -0.2) is 31.2 Å². The number of thiazole rings is 1. The van der Waals surface area contributed by atoms with Crippen LogP contribution in [0.5, 0.6) is 11.5 Å². The van der Waals surface area contributed by atoms with Crippen molar-refractivity contribution in [3.63, 3.8) is 0 Å². The van der Waals surface area contributed by atoms with Gasteiger partial charge in [0.1, 0.15) is 0 Å². The number of phenols is 2. The van der Waals surface area contributed by atoms with Gasteiger partial charge in [0.25, 0.3) is 5.91 Å². The lowest BCUT2D eigenvalue weighted by molar-refractivity contribution is 0.102. The number of hydrogen-bond donors (Lipinski definition) is 4. The summed E-state index contributed by atoms with van der Waals surface area (Å²) in [5.74, 6) is -0.876. The number of para-hydroxylation sites is 1. The minimum absolute atomic E-state index is 0.189. The normalized spacial score (nSPS) is 10.5. The maximum atomic E-state index is 12.1. The van der Waals surface area contributed by atoms with Gasteiger partial charge in [0, 0.05) is 17.1 Å². The number of aromatic nitrogens is 2. The summed E-state index contributed by atoms with van der Waals surface area (Å²) in [6.45, 7) is -0.189. The highest BCUT2D eigenvalue weighted by atomic mass is 32.1. The number of aromatic hydroxyl groups is 2. The molecular weight excluding hydrogens is 330 g/mol. The lowest BCUT2D eigenvalue weighted by Gasteiger charge is -2.03. The Morgan fingerprint density at radius 3 is 2.75 bits per heavy atom. The number of aliphatic hydroxyl groups is 1. The van der Waals surface area contributed by atoms with Crippen molar-refractivity contribution in [2.45, 2.75) is 6.61 Å². The second-order valence-corrected chi connectivity index (χ2v) is 5.72. The largest absolute Gasteiger partial charge is 0.504 e. The molecule has 7 nitrogen and oxygen atoms in total. The van der Waals surface area contributed by atoms with Gasteiger partial charge < -0.3 is 15.3 Å². The first kappa shape index (κ1) is 15.9. The SMILES string of the molecule is O=C(Nc1nc(-c2cccc(O)c2O)cs1)c1ccc(CO)nc1. The van der Waals surface area contributed by atoms with Crippen molar-refractivity contribution >= 4 is 22.4 Å². The minimum Gasteiger partial charge on any atom is -0.504 e. The molecule has 3 rings (SSSR count). The summed E-state index contributed by atoms with van der Waals surface area (Å²) >= 11 is 1.19. The molecule has 0 aliphatic heterocycles. The van der Waals surface area contributed by atoms with Crippen LogP contribution in [-0.2, 0) is 6.61 Å². The van der Waals surface area contributed by atoms with E-state index < -0.39 is 0 Å². The molecule has 24 heavy (non-hydrogen) atoms. The van der Waals surface area contributed by atoms with Gasteiger partial charge in [-0.2, -0.15) is 0 Å². The second-order valence-electron chi connectivity index (χ2n) is 4.86. The molecule has 0 atom stereocenters. The minimum atomic E-state index is -0.381. The molecule has 0 aliphatic rings. The molecule has 122 valence electrons. The van der Waals surface area contributed by atoms with Gasteiger partial charge in [0.2, 0.25) is 0 Å². The number of amides is 1. The van der Waals surface area contributed by atoms with Gasteiger partial charge in [-0.25, -0.2) is 4.98 Å². The maximum Gasteiger partial charge on any atom is 0.259 e. The van der Waals surface area contributed by atoms with Gasteiger partial charge in [0.05, 0.1) is 23.6 Å². The molecule has 8 heteroatoms. The number of rotatable bonds is 4. The van der Waals surface area contributed by atoms with Gasteiger partial charge in [0.15, 0.2) is 16.6 Å². The van der Waals surface area contributed by atoms with Crippen LogP contribution in [0.3, 0.4) is 0 Å². The Hall–Kier alpha value is -2.97. The number of nitrogens with zero attached hydrogens (tertiary/aromatic N) is 2. The summed E-state index contributed by atoms with van der Waals surface area (Å²) in [7, 11) is 0. The Balaban J connectivity index is 1.78. The number of aliphatic hydroxyl groups excluding tert-OH is 1. The van der Waals surface area contributed by atoms with Gasteiger partial charge >= 0.3 is 0 Å². The van der Waals surface area contributed by atoms with Gasteiger partial charge in [-0.3, -0.25) is 15.1 Å². The molecule has 0 saturated carbocycles. The van der Waals surface area contributed by atoms with Crippen molar-refractivity contribution in [3.8, 4) is 22.8 Å². The molecule has 2 aromatic heterocycles. The van der Waals surface area contributed by atoms with Crippen molar-refractivity contribution in [2.24, 2.45) is 0 Å². The quantitative estimate of drug-likeness (QED) is 0.541. The van der Waals surface area contributed by atoms with Crippen LogP contribution < -0.4 is 5.32 Å². The smallest absolute Gasteiger partial charge is 0.259 e. The third-order valence-corrected chi connectivity index (χ3v) is 4.02. The molecule has 0 saturated heterocycles. The van der Waals surface area contributed by atoms with Crippen LogP contribution in [0.1, 0.15) is 16.1 Å². The van der Waals surface area contributed by atoms with E-state index in [1.54, 1.807) is 29.6 Å². The summed E-state index contributed by atoms with van der Waals surface area (Å²) in [5.41, 5.74) is 1.63. The van der Waals surface area contributed by atoms with Gasteiger partial charge in [-0.15, -0.1) is 11.3 Å². The van der Waals surface area contributed by atoms with E-state index in [9.17, 15) is 15.0 Å². The lowest BCUT2D eigenvalue weighted by Crippen LogP contribution is -2.12. The van der Waals surface area contributed by atoms with Crippen LogP contribution in [0.15, 0.2) is 41.9 Å². The molecule has 3 aromatic rings. The number of benzene rings is 1. The molecule has 0 bridgehead atoms. The van der Waals surface area contributed by atoms with Crippen molar-refractivity contribution < 1.29 is 20.1 Å². The molecule has 0 radical (unpaired) electrons. The fourth-order valence-corrected chi connectivity index (χ4v) is 2.72. The Kier molecular flexibility index (Phi) is 4.41. The number of hydrogen-bond acceptors (Lipinski definition) is 7. The summed E-state index contributed by atoms with van der Waals surface area (Å²) < 4.78 is 0. The van der Waals surface area contributed by atoms with E-state index in [1.807, 2.05) is 0 Å². The Bertz CT molecular complexity index is 877. The highest BCUT2D eigenvalue weighted by molar-refractivity contribution is 7.14. The molecule has 0 fully saturated rings. The summed E-state index contributed by atoms with van der Waals surface area (Å²) in [5, 5.41) is 33.0. The predicted molar refractivity (Wildman–Crippen MR) is 89.0 cm³/mol. The van der Waals surface area contributed by atoms with Gasteiger partial charge in [-0.1, -0.05) is 6.07 Å². The predicted octanol–water partition coefficient (Wildman–Crippen LogP) is 2.36. The van der Waals surface area contributed by atoms with E-state index in [0.29, 0.717) is 27.6 Å². The topological polar surface area (TPSA) is 116 Å². The zero-order chi connectivity index (χ0) is 17.1.